The van der Waals surface area contributed by atoms with E-state index < -0.39 is 0 Å². The van der Waals surface area contributed by atoms with Crippen molar-refractivity contribution < 1.29 is 4.74 Å². The maximum atomic E-state index is 5.59. The first-order valence-corrected chi connectivity index (χ1v) is 6.14. The molecule has 1 atom stereocenters. The average molecular weight is 236 g/mol. The van der Waals surface area contributed by atoms with Gasteiger partial charge in [0.1, 0.15) is 0 Å². The zero-order valence-corrected chi connectivity index (χ0v) is 10.7. The van der Waals surface area contributed by atoms with Crippen molar-refractivity contribution in [1.82, 2.24) is 15.3 Å². The van der Waals surface area contributed by atoms with E-state index in [9.17, 15) is 0 Å². The summed E-state index contributed by atoms with van der Waals surface area (Å²) in [5, 5.41) is 3.35. The van der Waals surface area contributed by atoms with E-state index in [0.29, 0.717) is 11.9 Å². The van der Waals surface area contributed by atoms with Gasteiger partial charge < -0.3 is 15.0 Å². The van der Waals surface area contributed by atoms with Crippen LogP contribution in [-0.2, 0) is 0 Å². The minimum absolute atomic E-state index is 0.137. The molecule has 0 aromatic carbocycles. The summed E-state index contributed by atoms with van der Waals surface area (Å²) in [6.07, 6.45) is 1.90. The molecular weight excluding hydrogens is 216 g/mol. The largest absolute Gasteiger partial charge is 0.475 e. The van der Waals surface area contributed by atoms with Crippen LogP contribution in [0.2, 0.25) is 0 Å². The molecule has 2 heterocycles. The Kier molecular flexibility index (Phi) is 3.78. The van der Waals surface area contributed by atoms with Crippen LogP contribution in [0, 0.1) is 0 Å². The van der Waals surface area contributed by atoms with Gasteiger partial charge in [-0.15, -0.1) is 0 Å². The molecule has 1 fully saturated rings. The van der Waals surface area contributed by atoms with Crippen molar-refractivity contribution in [3.05, 3.63) is 12.3 Å². The van der Waals surface area contributed by atoms with Crippen LogP contribution >= 0.6 is 0 Å². The number of nitrogens with one attached hydrogen (secondary N) is 1. The zero-order chi connectivity index (χ0) is 12.3. The summed E-state index contributed by atoms with van der Waals surface area (Å²) in [7, 11) is 0. The van der Waals surface area contributed by atoms with Gasteiger partial charge in [-0.05, 0) is 20.8 Å². The van der Waals surface area contributed by atoms with Crippen molar-refractivity contribution >= 4 is 5.95 Å². The summed E-state index contributed by atoms with van der Waals surface area (Å²) in [5.74, 6) is 1.41. The highest BCUT2D eigenvalue weighted by Gasteiger charge is 2.20. The van der Waals surface area contributed by atoms with Gasteiger partial charge in [0.2, 0.25) is 11.8 Å². The number of rotatable bonds is 3. The highest BCUT2D eigenvalue weighted by Crippen LogP contribution is 2.16. The Bertz CT molecular complexity index is 369. The van der Waals surface area contributed by atoms with E-state index in [4.69, 9.17) is 4.74 Å². The van der Waals surface area contributed by atoms with Crippen molar-refractivity contribution in [2.24, 2.45) is 0 Å². The molecule has 0 saturated carbocycles. The molecule has 0 aliphatic carbocycles. The fourth-order valence-corrected chi connectivity index (χ4v) is 1.92. The Balaban J connectivity index is 2.14. The Morgan fingerprint density at radius 2 is 2.35 bits per heavy atom. The second-order valence-corrected chi connectivity index (χ2v) is 4.61. The van der Waals surface area contributed by atoms with Crippen LogP contribution in [-0.4, -0.2) is 41.7 Å². The normalized spacial score (nSPS) is 20.7. The van der Waals surface area contributed by atoms with Gasteiger partial charge in [-0.2, -0.15) is 4.98 Å². The number of piperazine rings is 1. The number of ether oxygens (including phenoxy) is 1. The molecular formula is C12H20N4O. The van der Waals surface area contributed by atoms with E-state index >= 15 is 0 Å². The SMILES string of the molecule is CC(C)Oc1ccnc(N2CCNCC2C)n1. The molecule has 17 heavy (non-hydrogen) atoms. The third kappa shape index (κ3) is 3.06. The summed E-state index contributed by atoms with van der Waals surface area (Å²) < 4.78 is 5.59. The standard InChI is InChI=1S/C12H20N4O/c1-9(2)17-11-4-5-14-12(15-11)16-7-6-13-8-10(16)3/h4-5,9-10,13H,6-8H2,1-3H3. The summed E-state index contributed by atoms with van der Waals surface area (Å²) in [5.41, 5.74) is 0. The summed E-state index contributed by atoms with van der Waals surface area (Å²) >= 11 is 0. The number of nitrogens with zero attached hydrogens (tertiary/aromatic N) is 3. The van der Waals surface area contributed by atoms with E-state index in [-0.39, 0.29) is 6.10 Å². The maximum absolute atomic E-state index is 5.59. The first-order valence-electron chi connectivity index (χ1n) is 6.14. The number of hydrogen-bond donors (Lipinski definition) is 1. The monoisotopic (exact) mass is 236 g/mol. The number of hydrogen-bond acceptors (Lipinski definition) is 5. The molecule has 1 aliphatic rings. The molecule has 5 nitrogen and oxygen atoms in total. The maximum Gasteiger partial charge on any atom is 0.228 e. The van der Waals surface area contributed by atoms with Crippen LogP contribution in [0.25, 0.3) is 0 Å². The first kappa shape index (κ1) is 12.1. The average Bonchev–Trinajstić information content (AvgIpc) is 2.29. The first-order chi connectivity index (χ1) is 8.16. The number of anilines is 1. The van der Waals surface area contributed by atoms with Crippen molar-refractivity contribution in [2.75, 3.05) is 24.5 Å². The van der Waals surface area contributed by atoms with Crippen molar-refractivity contribution in [1.29, 1.82) is 0 Å². The fourth-order valence-electron chi connectivity index (χ4n) is 1.92. The topological polar surface area (TPSA) is 50.3 Å². The van der Waals surface area contributed by atoms with E-state index in [0.717, 1.165) is 25.6 Å². The highest BCUT2D eigenvalue weighted by atomic mass is 16.5. The van der Waals surface area contributed by atoms with Gasteiger partial charge in [0, 0.05) is 37.9 Å². The predicted molar refractivity (Wildman–Crippen MR) is 67.5 cm³/mol. The Labute approximate surface area is 102 Å². The molecule has 1 aromatic rings. The lowest BCUT2D eigenvalue weighted by atomic mass is 10.2. The second kappa shape index (κ2) is 5.31. The molecule has 0 bridgehead atoms. The van der Waals surface area contributed by atoms with Gasteiger partial charge in [0.25, 0.3) is 0 Å². The molecule has 2 rings (SSSR count). The molecule has 1 aromatic heterocycles. The van der Waals surface area contributed by atoms with Crippen molar-refractivity contribution in [2.45, 2.75) is 32.9 Å². The van der Waals surface area contributed by atoms with E-state index in [2.05, 4.69) is 27.1 Å². The van der Waals surface area contributed by atoms with Crippen LogP contribution in [0.1, 0.15) is 20.8 Å². The van der Waals surface area contributed by atoms with Gasteiger partial charge in [-0.3, -0.25) is 0 Å². The summed E-state index contributed by atoms with van der Waals surface area (Å²) in [6, 6.07) is 2.22. The minimum atomic E-state index is 0.137. The van der Waals surface area contributed by atoms with Gasteiger partial charge >= 0.3 is 0 Å². The van der Waals surface area contributed by atoms with Crippen LogP contribution < -0.4 is 15.0 Å². The molecule has 0 amide bonds. The summed E-state index contributed by atoms with van der Waals surface area (Å²) in [4.78, 5) is 11.0. The Hall–Kier alpha value is -1.36. The highest BCUT2D eigenvalue weighted by molar-refractivity contribution is 5.34. The molecule has 94 valence electrons. The van der Waals surface area contributed by atoms with Crippen LogP contribution in [0.3, 0.4) is 0 Å². The van der Waals surface area contributed by atoms with Gasteiger partial charge in [-0.25, -0.2) is 4.98 Å². The van der Waals surface area contributed by atoms with Crippen LogP contribution in [0.4, 0.5) is 5.95 Å². The molecule has 1 unspecified atom stereocenters. The smallest absolute Gasteiger partial charge is 0.228 e. The van der Waals surface area contributed by atoms with Crippen molar-refractivity contribution in [3.63, 3.8) is 0 Å². The minimum Gasteiger partial charge on any atom is -0.475 e. The van der Waals surface area contributed by atoms with E-state index in [1.807, 2.05) is 13.8 Å². The molecule has 0 radical (unpaired) electrons. The summed E-state index contributed by atoms with van der Waals surface area (Å²) in [6.45, 7) is 9.05. The lowest BCUT2D eigenvalue weighted by molar-refractivity contribution is 0.232. The predicted octanol–water partition coefficient (Wildman–Crippen LogP) is 1.06. The zero-order valence-electron chi connectivity index (χ0n) is 10.7. The molecule has 0 spiro atoms. The third-order valence-electron chi connectivity index (χ3n) is 2.73. The molecule has 1 N–H and O–H groups in total. The Morgan fingerprint density at radius 1 is 1.53 bits per heavy atom. The van der Waals surface area contributed by atoms with Crippen molar-refractivity contribution in [3.8, 4) is 5.88 Å². The quantitative estimate of drug-likeness (QED) is 0.850. The van der Waals surface area contributed by atoms with Crippen LogP contribution in [0.5, 0.6) is 5.88 Å². The lowest BCUT2D eigenvalue weighted by Gasteiger charge is -2.33. The lowest BCUT2D eigenvalue weighted by Crippen LogP contribution is -2.50. The van der Waals surface area contributed by atoms with Gasteiger partial charge in [0.05, 0.1) is 6.10 Å². The number of aromatic nitrogens is 2. The Morgan fingerprint density at radius 3 is 3.06 bits per heavy atom. The van der Waals surface area contributed by atoms with E-state index in [1.54, 1.807) is 12.3 Å². The molecule has 1 aliphatic heterocycles. The second-order valence-electron chi connectivity index (χ2n) is 4.61. The van der Waals surface area contributed by atoms with Gasteiger partial charge in [0.15, 0.2) is 0 Å². The third-order valence-corrected chi connectivity index (χ3v) is 2.73. The van der Waals surface area contributed by atoms with E-state index in [1.165, 1.54) is 0 Å². The molecule has 1 saturated heterocycles. The fraction of sp³-hybridized carbons (Fsp3) is 0.667. The van der Waals surface area contributed by atoms with Gasteiger partial charge in [-0.1, -0.05) is 0 Å². The van der Waals surface area contributed by atoms with Crippen LogP contribution in [0.15, 0.2) is 12.3 Å². The molecule has 5 heteroatoms.